The van der Waals surface area contributed by atoms with E-state index in [1.165, 1.54) is 5.69 Å². The van der Waals surface area contributed by atoms with E-state index in [1.54, 1.807) is 6.20 Å². The lowest BCUT2D eigenvalue weighted by Crippen LogP contribution is -2.46. The van der Waals surface area contributed by atoms with Gasteiger partial charge in [-0.05, 0) is 36.7 Å². The monoisotopic (exact) mass is 369 g/mol. The first-order chi connectivity index (χ1) is 13.1. The first-order valence-electron chi connectivity index (χ1n) is 9.92. The molecule has 1 saturated heterocycles. The van der Waals surface area contributed by atoms with Crippen molar-refractivity contribution in [2.75, 3.05) is 37.6 Å². The summed E-state index contributed by atoms with van der Waals surface area (Å²) in [5, 5.41) is 2.98. The third-order valence-electron chi connectivity index (χ3n) is 5.08. The molecular formula is C21H31N5O. The zero-order valence-electron chi connectivity index (χ0n) is 16.7. The van der Waals surface area contributed by atoms with Crippen LogP contribution in [0.5, 0.6) is 0 Å². The predicted octanol–water partition coefficient (Wildman–Crippen LogP) is 2.61. The van der Waals surface area contributed by atoms with Crippen molar-refractivity contribution in [3.8, 4) is 0 Å². The van der Waals surface area contributed by atoms with Crippen LogP contribution in [0.2, 0.25) is 0 Å². The molecule has 0 bridgehead atoms. The standard InChI is InChI=1S/C21H31N5O/c1-4-24-11-13-25(14-12-24)19-7-5-18(6-8-19)21(27)23-15-20-22-9-10-26(20)16-17(2)3/h5-10,17H,4,11-16H2,1-3H3,(H,23,27). The molecule has 2 heterocycles. The van der Waals surface area contributed by atoms with Gasteiger partial charge in [-0.25, -0.2) is 4.98 Å². The first-order valence-corrected chi connectivity index (χ1v) is 9.92. The molecule has 1 aliphatic rings. The molecule has 1 aromatic carbocycles. The number of hydrogen-bond acceptors (Lipinski definition) is 4. The van der Waals surface area contributed by atoms with E-state index in [4.69, 9.17) is 0 Å². The highest BCUT2D eigenvalue weighted by Gasteiger charge is 2.16. The second-order valence-electron chi connectivity index (χ2n) is 7.54. The van der Waals surface area contributed by atoms with Crippen LogP contribution in [-0.2, 0) is 13.1 Å². The van der Waals surface area contributed by atoms with Gasteiger partial charge < -0.3 is 19.7 Å². The van der Waals surface area contributed by atoms with Crippen molar-refractivity contribution in [2.45, 2.75) is 33.9 Å². The highest BCUT2D eigenvalue weighted by atomic mass is 16.1. The summed E-state index contributed by atoms with van der Waals surface area (Å²) in [5.41, 5.74) is 1.88. The molecule has 0 unspecified atom stereocenters. The number of aromatic nitrogens is 2. The Labute approximate surface area is 162 Å². The minimum atomic E-state index is -0.0588. The number of imidazole rings is 1. The van der Waals surface area contributed by atoms with Crippen LogP contribution in [0.3, 0.4) is 0 Å². The molecule has 2 aromatic rings. The average molecular weight is 370 g/mol. The minimum Gasteiger partial charge on any atom is -0.369 e. The van der Waals surface area contributed by atoms with Crippen LogP contribution in [-0.4, -0.2) is 53.1 Å². The smallest absolute Gasteiger partial charge is 0.251 e. The molecular weight excluding hydrogens is 338 g/mol. The van der Waals surface area contributed by atoms with Gasteiger partial charge in [0.1, 0.15) is 5.82 Å². The summed E-state index contributed by atoms with van der Waals surface area (Å²) in [5.74, 6) is 1.37. The Bertz CT molecular complexity index is 729. The Balaban J connectivity index is 1.54. The quantitative estimate of drug-likeness (QED) is 0.815. The Morgan fingerprint density at radius 2 is 1.85 bits per heavy atom. The van der Waals surface area contributed by atoms with E-state index < -0.39 is 0 Å². The topological polar surface area (TPSA) is 53.4 Å². The molecule has 146 valence electrons. The van der Waals surface area contributed by atoms with Gasteiger partial charge in [0, 0.05) is 56.4 Å². The number of rotatable bonds is 7. The molecule has 0 radical (unpaired) electrons. The molecule has 6 heteroatoms. The van der Waals surface area contributed by atoms with Gasteiger partial charge in [-0.3, -0.25) is 4.79 Å². The van der Waals surface area contributed by atoms with Crippen LogP contribution in [0.1, 0.15) is 37.0 Å². The van der Waals surface area contributed by atoms with Crippen LogP contribution in [0, 0.1) is 5.92 Å². The molecule has 0 aliphatic carbocycles. The highest BCUT2D eigenvalue weighted by molar-refractivity contribution is 5.94. The number of carbonyl (C=O) groups excluding carboxylic acids is 1. The molecule has 3 rings (SSSR count). The molecule has 1 fully saturated rings. The van der Waals surface area contributed by atoms with Gasteiger partial charge in [-0.15, -0.1) is 0 Å². The third-order valence-corrected chi connectivity index (χ3v) is 5.08. The lowest BCUT2D eigenvalue weighted by atomic mass is 10.1. The van der Waals surface area contributed by atoms with Crippen LogP contribution in [0.4, 0.5) is 5.69 Å². The number of hydrogen-bond donors (Lipinski definition) is 1. The van der Waals surface area contributed by atoms with Gasteiger partial charge in [0.05, 0.1) is 6.54 Å². The predicted molar refractivity (Wildman–Crippen MR) is 109 cm³/mol. The lowest BCUT2D eigenvalue weighted by Gasteiger charge is -2.35. The Hall–Kier alpha value is -2.34. The Morgan fingerprint density at radius 1 is 1.15 bits per heavy atom. The third kappa shape index (κ3) is 5.10. The lowest BCUT2D eigenvalue weighted by molar-refractivity contribution is 0.0949. The fourth-order valence-electron chi connectivity index (χ4n) is 3.47. The molecule has 1 aromatic heterocycles. The van der Waals surface area contributed by atoms with Crippen molar-refractivity contribution in [3.63, 3.8) is 0 Å². The zero-order valence-corrected chi connectivity index (χ0v) is 16.7. The summed E-state index contributed by atoms with van der Waals surface area (Å²) in [7, 11) is 0. The zero-order chi connectivity index (χ0) is 19.2. The average Bonchev–Trinajstić information content (AvgIpc) is 3.12. The molecule has 27 heavy (non-hydrogen) atoms. The summed E-state index contributed by atoms with van der Waals surface area (Å²) in [6, 6.07) is 7.93. The maximum atomic E-state index is 12.5. The maximum Gasteiger partial charge on any atom is 0.251 e. The number of benzene rings is 1. The van der Waals surface area contributed by atoms with E-state index in [0.717, 1.165) is 45.1 Å². The van der Waals surface area contributed by atoms with E-state index in [0.29, 0.717) is 18.0 Å². The van der Waals surface area contributed by atoms with E-state index in [2.05, 4.69) is 57.6 Å². The van der Waals surface area contributed by atoms with Gasteiger partial charge in [0.2, 0.25) is 0 Å². The SMILES string of the molecule is CCN1CCN(c2ccc(C(=O)NCc3nccn3CC(C)C)cc2)CC1. The van der Waals surface area contributed by atoms with E-state index in [-0.39, 0.29) is 5.91 Å². The fraction of sp³-hybridized carbons (Fsp3) is 0.524. The van der Waals surface area contributed by atoms with Gasteiger partial charge in [-0.1, -0.05) is 20.8 Å². The normalized spacial score (nSPS) is 15.3. The summed E-state index contributed by atoms with van der Waals surface area (Å²) in [6.45, 7) is 13.3. The number of nitrogens with zero attached hydrogens (tertiary/aromatic N) is 4. The molecule has 0 spiro atoms. The second-order valence-corrected chi connectivity index (χ2v) is 7.54. The molecule has 1 N–H and O–H groups in total. The molecule has 1 amide bonds. The van der Waals surface area contributed by atoms with Gasteiger partial charge in [0.15, 0.2) is 0 Å². The summed E-state index contributed by atoms with van der Waals surface area (Å²) < 4.78 is 2.10. The molecule has 1 aliphatic heterocycles. The number of amides is 1. The van der Waals surface area contributed by atoms with Crippen molar-refractivity contribution in [3.05, 3.63) is 48.0 Å². The molecule has 6 nitrogen and oxygen atoms in total. The summed E-state index contributed by atoms with van der Waals surface area (Å²) in [4.78, 5) is 21.7. The van der Waals surface area contributed by atoms with E-state index in [9.17, 15) is 4.79 Å². The Morgan fingerprint density at radius 3 is 2.48 bits per heavy atom. The van der Waals surface area contributed by atoms with Crippen molar-refractivity contribution in [1.82, 2.24) is 19.8 Å². The maximum absolute atomic E-state index is 12.5. The summed E-state index contributed by atoms with van der Waals surface area (Å²) in [6.07, 6.45) is 3.76. The second kappa shape index (κ2) is 9.04. The van der Waals surface area contributed by atoms with E-state index in [1.807, 2.05) is 18.3 Å². The summed E-state index contributed by atoms with van der Waals surface area (Å²) >= 11 is 0. The van der Waals surface area contributed by atoms with E-state index >= 15 is 0 Å². The van der Waals surface area contributed by atoms with Gasteiger partial charge >= 0.3 is 0 Å². The van der Waals surface area contributed by atoms with Crippen LogP contribution < -0.4 is 10.2 Å². The van der Waals surface area contributed by atoms with Crippen molar-refractivity contribution >= 4 is 11.6 Å². The van der Waals surface area contributed by atoms with Crippen LogP contribution in [0.15, 0.2) is 36.7 Å². The van der Waals surface area contributed by atoms with Crippen LogP contribution >= 0.6 is 0 Å². The minimum absolute atomic E-state index is 0.0588. The number of carbonyl (C=O) groups is 1. The molecule has 0 saturated carbocycles. The number of likely N-dealkylation sites (N-methyl/N-ethyl adjacent to an activating group) is 1. The van der Waals surface area contributed by atoms with Crippen molar-refractivity contribution in [2.24, 2.45) is 5.92 Å². The van der Waals surface area contributed by atoms with Gasteiger partial charge in [-0.2, -0.15) is 0 Å². The van der Waals surface area contributed by atoms with Crippen molar-refractivity contribution in [1.29, 1.82) is 0 Å². The number of anilines is 1. The van der Waals surface area contributed by atoms with Crippen LogP contribution in [0.25, 0.3) is 0 Å². The largest absolute Gasteiger partial charge is 0.369 e. The van der Waals surface area contributed by atoms with Gasteiger partial charge in [0.25, 0.3) is 5.91 Å². The fourth-order valence-corrected chi connectivity index (χ4v) is 3.47. The van der Waals surface area contributed by atoms with Crippen molar-refractivity contribution < 1.29 is 4.79 Å². The molecule has 0 atom stereocenters. The number of piperazine rings is 1. The first kappa shape index (κ1) is 19.4. The Kier molecular flexibility index (Phi) is 6.50. The number of nitrogens with one attached hydrogen (secondary N) is 1. The highest BCUT2D eigenvalue weighted by Crippen LogP contribution is 2.17.